The molecule has 0 aliphatic heterocycles. The molecule has 0 bridgehead atoms. The maximum Gasteiger partial charge on any atom is 0.129 e. The van der Waals surface area contributed by atoms with Gasteiger partial charge in [-0.1, -0.05) is 24.9 Å². The van der Waals surface area contributed by atoms with Gasteiger partial charge in [0, 0.05) is 25.3 Å². The predicted octanol–water partition coefficient (Wildman–Crippen LogP) is 2.96. The fraction of sp³-hybridized carbons (Fsp3) is 0.615. The first-order valence-corrected chi connectivity index (χ1v) is 6.75. The maximum absolute atomic E-state index is 6.04. The second kappa shape index (κ2) is 5.69. The van der Waals surface area contributed by atoms with Gasteiger partial charge in [0.25, 0.3) is 0 Å². The zero-order chi connectivity index (χ0) is 12.3. The van der Waals surface area contributed by atoms with E-state index in [2.05, 4.69) is 16.8 Å². The quantitative estimate of drug-likeness (QED) is 0.848. The first-order chi connectivity index (χ1) is 8.26. The van der Waals surface area contributed by atoms with Gasteiger partial charge in [0.15, 0.2) is 0 Å². The van der Waals surface area contributed by atoms with Crippen molar-refractivity contribution < 1.29 is 0 Å². The normalized spacial score (nSPS) is 15.0. The predicted molar refractivity (Wildman–Crippen MR) is 72.4 cm³/mol. The van der Waals surface area contributed by atoms with Gasteiger partial charge in [-0.15, -0.1) is 0 Å². The average molecular weight is 254 g/mol. The van der Waals surface area contributed by atoms with Crippen molar-refractivity contribution in [3.05, 3.63) is 22.8 Å². The summed E-state index contributed by atoms with van der Waals surface area (Å²) in [6, 6.07) is 2.72. The lowest BCUT2D eigenvalue weighted by Crippen LogP contribution is -2.27. The Balaban J connectivity index is 2.16. The molecular weight excluding hydrogens is 234 g/mol. The van der Waals surface area contributed by atoms with Gasteiger partial charge < -0.3 is 10.6 Å². The Kier molecular flexibility index (Phi) is 4.24. The van der Waals surface area contributed by atoms with Gasteiger partial charge in [0.1, 0.15) is 5.82 Å². The third-order valence-corrected chi connectivity index (χ3v) is 3.51. The van der Waals surface area contributed by atoms with Gasteiger partial charge in [0.05, 0.1) is 5.02 Å². The van der Waals surface area contributed by atoms with Crippen LogP contribution in [0.1, 0.15) is 38.2 Å². The molecule has 2 rings (SSSR count). The molecular formula is C13H20ClN3. The Morgan fingerprint density at radius 1 is 1.53 bits per heavy atom. The third-order valence-electron chi connectivity index (χ3n) is 3.17. The van der Waals surface area contributed by atoms with Crippen molar-refractivity contribution >= 4 is 17.4 Å². The fourth-order valence-electron chi connectivity index (χ4n) is 1.98. The van der Waals surface area contributed by atoms with Crippen molar-refractivity contribution in [1.82, 2.24) is 4.98 Å². The molecule has 2 N–H and O–H groups in total. The minimum Gasteiger partial charge on any atom is -0.354 e. The van der Waals surface area contributed by atoms with Gasteiger partial charge in [-0.3, -0.25) is 0 Å². The van der Waals surface area contributed by atoms with Crippen LogP contribution in [0, 0.1) is 0 Å². The van der Waals surface area contributed by atoms with Crippen LogP contribution >= 0.6 is 11.6 Å². The lowest BCUT2D eigenvalue weighted by atomic mass is 10.2. The fourth-order valence-corrected chi connectivity index (χ4v) is 2.16. The molecule has 0 saturated heterocycles. The highest BCUT2D eigenvalue weighted by Crippen LogP contribution is 2.32. The van der Waals surface area contributed by atoms with E-state index in [1.807, 2.05) is 6.07 Å². The first kappa shape index (κ1) is 12.7. The molecule has 1 aliphatic rings. The zero-order valence-electron chi connectivity index (χ0n) is 10.3. The van der Waals surface area contributed by atoms with Crippen molar-refractivity contribution in [3.8, 4) is 0 Å². The molecule has 17 heavy (non-hydrogen) atoms. The van der Waals surface area contributed by atoms with Crippen LogP contribution in [0.2, 0.25) is 5.02 Å². The number of halogens is 1. The Bertz CT molecular complexity index is 377. The van der Waals surface area contributed by atoms with E-state index in [1.54, 1.807) is 6.20 Å². The van der Waals surface area contributed by atoms with Crippen LogP contribution in [-0.4, -0.2) is 17.6 Å². The van der Waals surface area contributed by atoms with E-state index in [4.69, 9.17) is 17.3 Å². The molecule has 3 nitrogen and oxygen atoms in total. The summed E-state index contributed by atoms with van der Waals surface area (Å²) >= 11 is 6.04. The van der Waals surface area contributed by atoms with E-state index >= 15 is 0 Å². The number of nitrogens with two attached hydrogens (primary N) is 1. The smallest absolute Gasteiger partial charge is 0.129 e. The van der Waals surface area contributed by atoms with Crippen LogP contribution in [-0.2, 0) is 6.54 Å². The summed E-state index contributed by atoms with van der Waals surface area (Å²) in [6.45, 7) is 3.77. The summed E-state index contributed by atoms with van der Waals surface area (Å²) in [7, 11) is 0. The number of hydrogen-bond acceptors (Lipinski definition) is 3. The molecule has 1 aliphatic carbocycles. The lowest BCUT2D eigenvalue weighted by Gasteiger charge is -2.24. The summed E-state index contributed by atoms with van der Waals surface area (Å²) < 4.78 is 0. The molecule has 0 amide bonds. The standard InChI is InChI=1S/C13H20ClN3/c1-2-3-6-17(11-4-5-11)13-7-10(8-15)12(14)9-16-13/h7,9,11H,2-6,8,15H2,1H3. The van der Waals surface area contributed by atoms with Crippen LogP contribution in [0.15, 0.2) is 12.3 Å². The van der Waals surface area contributed by atoms with Crippen LogP contribution in [0.3, 0.4) is 0 Å². The molecule has 0 aromatic carbocycles. The molecule has 0 unspecified atom stereocenters. The monoisotopic (exact) mass is 253 g/mol. The molecule has 0 radical (unpaired) electrons. The zero-order valence-corrected chi connectivity index (χ0v) is 11.1. The molecule has 1 fully saturated rings. The highest BCUT2D eigenvalue weighted by atomic mass is 35.5. The van der Waals surface area contributed by atoms with E-state index in [0.717, 1.165) is 17.9 Å². The van der Waals surface area contributed by atoms with E-state index in [1.165, 1.54) is 25.7 Å². The van der Waals surface area contributed by atoms with Crippen molar-refractivity contribution in [2.75, 3.05) is 11.4 Å². The Labute approximate surface area is 108 Å². The van der Waals surface area contributed by atoms with E-state index in [9.17, 15) is 0 Å². The molecule has 4 heteroatoms. The molecule has 0 spiro atoms. The number of nitrogens with zero attached hydrogens (tertiary/aromatic N) is 2. The van der Waals surface area contributed by atoms with Gasteiger partial charge in [-0.25, -0.2) is 4.98 Å². The van der Waals surface area contributed by atoms with E-state index in [0.29, 0.717) is 17.6 Å². The van der Waals surface area contributed by atoms with Gasteiger partial charge in [0.2, 0.25) is 0 Å². The number of rotatable bonds is 6. The van der Waals surface area contributed by atoms with Crippen LogP contribution in [0.5, 0.6) is 0 Å². The number of anilines is 1. The summed E-state index contributed by atoms with van der Waals surface area (Å²) in [5, 5.41) is 0.669. The summed E-state index contributed by atoms with van der Waals surface area (Å²) in [6.07, 6.45) is 6.71. The third kappa shape index (κ3) is 3.11. The number of hydrogen-bond donors (Lipinski definition) is 1. The summed E-state index contributed by atoms with van der Waals surface area (Å²) in [5.74, 6) is 1.03. The van der Waals surface area contributed by atoms with Gasteiger partial charge >= 0.3 is 0 Å². The SMILES string of the molecule is CCCCN(c1cc(CN)c(Cl)cn1)C1CC1. The average Bonchev–Trinajstić information content (AvgIpc) is 3.16. The molecule has 0 atom stereocenters. The minimum atomic E-state index is 0.473. The van der Waals surface area contributed by atoms with Crippen LogP contribution in [0.4, 0.5) is 5.82 Å². The van der Waals surface area contributed by atoms with Crippen LogP contribution in [0.25, 0.3) is 0 Å². The number of aromatic nitrogens is 1. The molecule has 1 saturated carbocycles. The molecule has 1 heterocycles. The Hall–Kier alpha value is -0.800. The number of unbranched alkanes of at least 4 members (excludes halogenated alkanes) is 1. The second-order valence-electron chi connectivity index (χ2n) is 4.62. The van der Waals surface area contributed by atoms with E-state index in [-0.39, 0.29) is 0 Å². The second-order valence-corrected chi connectivity index (χ2v) is 5.02. The topological polar surface area (TPSA) is 42.1 Å². The van der Waals surface area contributed by atoms with Crippen molar-refractivity contribution in [3.63, 3.8) is 0 Å². The van der Waals surface area contributed by atoms with Crippen LogP contribution < -0.4 is 10.6 Å². The summed E-state index contributed by atoms with van der Waals surface area (Å²) in [4.78, 5) is 6.84. The Morgan fingerprint density at radius 3 is 2.88 bits per heavy atom. The Morgan fingerprint density at radius 2 is 2.29 bits per heavy atom. The molecule has 1 aromatic heterocycles. The largest absolute Gasteiger partial charge is 0.354 e. The van der Waals surface area contributed by atoms with Gasteiger partial charge in [-0.2, -0.15) is 0 Å². The highest BCUT2D eigenvalue weighted by Gasteiger charge is 2.29. The van der Waals surface area contributed by atoms with Crippen molar-refractivity contribution in [2.45, 2.75) is 45.2 Å². The highest BCUT2D eigenvalue weighted by molar-refractivity contribution is 6.31. The van der Waals surface area contributed by atoms with Gasteiger partial charge in [-0.05, 0) is 30.9 Å². The number of pyridine rings is 1. The van der Waals surface area contributed by atoms with Crippen molar-refractivity contribution in [2.24, 2.45) is 5.73 Å². The van der Waals surface area contributed by atoms with E-state index < -0.39 is 0 Å². The molecule has 1 aromatic rings. The molecule has 94 valence electrons. The summed E-state index contributed by atoms with van der Waals surface area (Å²) in [5.41, 5.74) is 6.67. The minimum absolute atomic E-state index is 0.473. The first-order valence-electron chi connectivity index (χ1n) is 6.37. The lowest BCUT2D eigenvalue weighted by molar-refractivity contribution is 0.704. The maximum atomic E-state index is 6.04. The van der Waals surface area contributed by atoms with Crippen molar-refractivity contribution in [1.29, 1.82) is 0 Å².